The topological polar surface area (TPSA) is 3.24 Å². The lowest BCUT2D eigenvalue weighted by Crippen LogP contribution is -2.21. The number of hydrogen-bond acceptors (Lipinski definition) is 1. The summed E-state index contributed by atoms with van der Waals surface area (Å²) in [7, 11) is 0. The van der Waals surface area contributed by atoms with E-state index in [1.807, 2.05) is 0 Å². The van der Waals surface area contributed by atoms with E-state index in [1.54, 1.807) is 0 Å². The molecular formula is C51H37N. The zero-order chi connectivity index (χ0) is 34.8. The number of nitrogens with zero attached hydrogens (tertiary/aromatic N) is 1. The molecule has 0 N–H and O–H groups in total. The summed E-state index contributed by atoms with van der Waals surface area (Å²) in [6.07, 6.45) is 0. The Morgan fingerprint density at radius 2 is 0.962 bits per heavy atom. The third kappa shape index (κ3) is 4.70. The molecule has 10 rings (SSSR count). The van der Waals surface area contributed by atoms with Crippen LogP contribution in [0.5, 0.6) is 0 Å². The van der Waals surface area contributed by atoms with Gasteiger partial charge in [-0.05, 0) is 102 Å². The lowest BCUT2D eigenvalue weighted by molar-refractivity contribution is 0.661. The third-order valence-electron chi connectivity index (χ3n) is 11.2. The number of hydrogen-bond donors (Lipinski definition) is 0. The summed E-state index contributed by atoms with van der Waals surface area (Å²) in [6.45, 7) is 4.81. The van der Waals surface area contributed by atoms with Gasteiger partial charge in [0.1, 0.15) is 0 Å². The van der Waals surface area contributed by atoms with Crippen LogP contribution in [0, 0.1) is 0 Å². The second kappa shape index (κ2) is 11.8. The van der Waals surface area contributed by atoms with Crippen LogP contribution in [-0.4, -0.2) is 0 Å². The van der Waals surface area contributed by atoms with Crippen molar-refractivity contribution < 1.29 is 0 Å². The molecule has 52 heavy (non-hydrogen) atoms. The van der Waals surface area contributed by atoms with Crippen LogP contribution in [0.1, 0.15) is 25.0 Å². The van der Waals surface area contributed by atoms with Gasteiger partial charge >= 0.3 is 0 Å². The number of fused-ring (bicyclic) bond motifs is 6. The predicted octanol–water partition coefficient (Wildman–Crippen LogP) is 14.3. The van der Waals surface area contributed by atoms with Crippen LogP contribution in [0.2, 0.25) is 0 Å². The number of benzene rings is 9. The Balaban J connectivity index is 1.32. The number of para-hydroxylation sites is 1. The van der Waals surface area contributed by atoms with Crippen LogP contribution in [-0.2, 0) is 5.41 Å². The van der Waals surface area contributed by atoms with E-state index < -0.39 is 0 Å². The molecule has 0 radical (unpaired) electrons. The van der Waals surface area contributed by atoms with Gasteiger partial charge in [-0.1, -0.05) is 166 Å². The molecule has 0 saturated carbocycles. The average Bonchev–Trinajstić information content (AvgIpc) is 3.42. The zero-order valence-electron chi connectivity index (χ0n) is 29.3. The molecule has 9 aromatic carbocycles. The fourth-order valence-corrected chi connectivity index (χ4v) is 8.74. The van der Waals surface area contributed by atoms with Gasteiger partial charge in [0.15, 0.2) is 0 Å². The van der Waals surface area contributed by atoms with Crippen molar-refractivity contribution in [3.05, 3.63) is 199 Å². The summed E-state index contributed by atoms with van der Waals surface area (Å²) in [4.78, 5) is 2.56. The minimum Gasteiger partial charge on any atom is -0.309 e. The lowest BCUT2D eigenvalue weighted by atomic mass is 9.80. The summed E-state index contributed by atoms with van der Waals surface area (Å²) < 4.78 is 0. The van der Waals surface area contributed by atoms with Gasteiger partial charge in [0.25, 0.3) is 0 Å². The Kier molecular flexibility index (Phi) is 6.91. The van der Waals surface area contributed by atoms with Crippen molar-refractivity contribution in [3.8, 4) is 33.4 Å². The van der Waals surface area contributed by atoms with Crippen molar-refractivity contribution in [1.29, 1.82) is 0 Å². The molecule has 0 aromatic heterocycles. The molecule has 1 aliphatic rings. The molecule has 246 valence electrons. The molecule has 0 bridgehead atoms. The molecule has 0 saturated heterocycles. The lowest BCUT2D eigenvalue weighted by Gasteiger charge is -2.35. The Bertz CT molecular complexity index is 2830. The summed E-state index contributed by atoms with van der Waals surface area (Å²) in [5, 5.41) is 7.49. The van der Waals surface area contributed by atoms with E-state index in [0.717, 1.165) is 11.4 Å². The molecule has 0 unspecified atom stereocenters. The van der Waals surface area contributed by atoms with Gasteiger partial charge in [-0.3, -0.25) is 0 Å². The molecule has 0 atom stereocenters. The van der Waals surface area contributed by atoms with Crippen LogP contribution in [0.3, 0.4) is 0 Å². The second-order valence-corrected chi connectivity index (χ2v) is 14.5. The highest BCUT2D eigenvalue weighted by Gasteiger charge is 2.40. The van der Waals surface area contributed by atoms with Crippen LogP contribution < -0.4 is 4.90 Å². The number of anilines is 3. The molecule has 1 aliphatic carbocycles. The Hall–Kier alpha value is -6.44. The van der Waals surface area contributed by atoms with Crippen molar-refractivity contribution in [2.45, 2.75) is 19.3 Å². The van der Waals surface area contributed by atoms with E-state index in [4.69, 9.17) is 0 Å². The van der Waals surface area contributed by atoms with Gasteiger partial charge in [-0.25, -0.2) is 0 Å². The fourth-order valence-electron chi connectivity index (χ4n) is 8.74. The molecular weight excluding hydrogens is 627 g/mol. The molecule has 1 nitrogen and oxygen atoms in total. The van der Waals surface area contributed by atoms with Crippen molar-refractivity contribution in [1.82, 2.24) is 0 Å². The first-order chi connectivity index (χ1) is 25.6. The van der Waals surface area contributed by atoms with Gasteiger partial charge in [-0.2, -0.15) is 0 Å². The first-order valence-electron chi connectivity index (χ1n) is 18.2. The smallest absolute Gasteiger partial charge is 0.0546 e. The van der Waals surface area contributed by atoms with Crippen molar-refractivity contribution >= 4 is 49.4 Å². The maximum absolute atomic E-state index is 2.56. The summed E-state index contributed by atoms with van der Waals surface area (Å²) >= 11 is 0. The molecule has 0 spiro atoms. The number of rotatable bonds is 5. The molecule has 0 heterocycles. The van der Waals surface area contributed by atoms with Gasteiger partial charge in [0.05, 0.1) is 17.1 Å². The van der Waals surface area contributed by atoms with E-state index in [2.05, 4.69) is 207 Å². The maximum Gasteiger partial charge on any atom is 0.0546 e. The van der Waals surface area contributed by atoms with E-state index in [9.17, 15) is 0 Å². The SMILES string of the molecule is CC1(C)c2cc3ccccc3cc2-c2cccc(N(c3ccccc3-c3ccccc3)c3ccc4ccccc4c3-c3ccc4ccccc4c3)c21. The van der Waals surface area contributed by atoms with Crippen molar-refractivity contribution in [3.63, 3.8) is 0 Å². The Labute approximate surface area is 305 Å². The first kappa shape index (κ1) is 30.4. The molecule has 0 amide bonds. The van der Waals surface area contributed by atoms with E-state index in [0.29, 0.717) is 0 Å². The van der Waals surface area contributed by atoms with E-state index in [1.165, 1.54) is 82.5 Å². The van der Waals surface area contributed by atoms with E-state index in [-0.39, 0.29) is 5.41 Å². The third-order valence-corrected chi connectivity index (χ3v) is 11.2. The minimum atomic E-state index is -0.245. The largest absolute Gasteiger partial charge is 0.309 e. The molecule has 0 aliphatic heterocycles. The normalized spacial score (nSPS) is 13.0. The predicted molar refractivity (Wildman–Crippen MR) is 222 cm³/mol. The average molecular weight is 664 g/mol. The maximum atomic E-state index is 2.56. The summed E-state index contributed by atoms with van der Waals surface area (Å²) in [6, 6.07) is 69.3. The van der Waals surface area contributed by atoms with Gasteiger partial charge in [0, 0.05) is 16.5 Å². The Morgan fingerprint density at radius 1 is 0.365 bits per heavy atom. The quantitative estimate of drug-likeness (QED) is 0.177. The second-order valence-electron chi connectivity index (χ2n) is 14.5. The summed E-state index contributed by atoms with van der Waals surface area (Å²) in [5.74, 6) is 0. The van der Waals surface area contributed by atoms with Gasteiger partial charge in [-0.15, -0.1) is 0 Å². The molecule has 9 aromatic rings. The van der Waals surface area contributed by atoms with Gasteiger partial charge < -0.3 is 4.90 Å². The monoisotopic (exact) mass is 663 g/mol. The molecule has 1 heteroatoms. The highest BCUT2D eigenvalue weighted by Crippen LogP contribution is 2.57. The van der Waals surface area contributed by atoms with Crippen LogP contribution >= 0.6 is 0 Å². The van der Waals surface area contributed by atoms with Crippen LogP contribution in [0.25, 0.3) is 65.7 Å². The van der Waals surface area contributed by atoms with Crippen molar-refractivity contribution in [2.75, 3.05) is 4.90 Å². The zero-order valence-corrected chi connectivity index (χ0v) is 29.3. The van der Waals surface area contributed by atoms with E-state index >= 15 is 0 Å². The first-order valence-corrected chi connectivity index (χ1v) is 18.2. The highest BCUT2D eigenvalue weighted by atomic mass is 15.2. The fraction of sp³-hybridized carbons (Fsp3) is 0.0588. The van der Waals surface area contributed by atoms with Crippen LogP contribution in [0.15, 0.2) is 188 Å². The van der Waals surface area contributed by atoms with Crippen LogP contribution in [0.4, 0.5) is 17.1 Å². The Morgan fingerprint density at radius 3 is 1.77 bits per heavy atom. The minimum absolute atomic E-state index is 0.245. The van der Waals surface area contributed by atoms with Crippen molar-refractivity contribution in [2.24, 2.45) is 0 Å². The summed E-state index contributed by atoms with van der Waals surface area (Å²) in [5.41, 5.74) is 13.4. The van der Waals surface area contributed by atoms with Gasteiger partial charge in [0.2, 0.25) is 0 Å². The molecule has 0 fully saturated rings. The highest BCUT2D eigenvalue weighted by molar-refractivity contribution is 6.08. The standard InChI is InChI=1S/C51H37N/c1-51(2)45-33-39-21-9-8-20-38(39)32-44(45)43-24-14-26-48(50(43)51)52(46-25-13-12-22-41(46)35-16-4-3-5-17-35)47-30-29-36-18-10-11-23-42(36)49(47)40-28-27-34-15-6-7-19-37(34)31-40/h3-33H,1-2H3.